The fourth-order valence-corrected chi connectivity index (χ4v) is 1.40. The maximum atomic E-state index is 12.3. The van der Waals surface area contributed by atoms with Gasteiger partial charge in [-0.1, -0.05) is 0 Å². The van der Waals surface area contributed by atoms with Crippen LogP contribution in [0.3, 0.4) is 0 Å². The topological polar surface area (TPSA) is 69.6 Å². The third-order valence-corrected chi connectivity index (χ3v) is 1.87. The van der Waals surface area contributed by atoms with Crippen molar-refractivity contribution in [1.82, 2.24) is 5.32 Å². The number of hydrogen-bond donors (Lipinski definition) is 3. The van der Waals surface area contributed by atoms with Gasteiger partial charge in [0.2, 0.25) is 0 Å². The first-order valence-electron chi connectivity index (χ1n) is 3.39. The molecule has 4 nitrogen and oxygen atoms in total. The summed E-state index contributed by atoms with van der Waals surface area (Å²) in [5.41, 5.74) is -1.32. The van der Waals surface area contributed by atoms with Crippen LogP contribution in [0.1, 0.15) is 12.8 Å². The quantitative estimate of drug-likeness (QED) is 0.578. The fourth-order valence-electron chi connectivity index (χ4n) is 1.40. The molecule has 0 aromatic carbocycles. The van der Waals surface area contributed by atoms with Gasteiger partial charge in [0.15, 0.2) is 0 Å². The summed E-state index contributed by atoms with van der Waals surface area (Å²) in [6.45, 7) is -0.588. The van der Waals surface area contributed by atoms with Crippen molar-refractivity contribution in [1.29, 1.82) is 0 Å². The molecule has 0 aromatic heterocycles. The molecule has 3 N–H and O–H groups in total. The highest BCUT2D eigenvalue weighted by atomic mass is 19.3. The number of hydrogen-bond acceptors (Lipinski definition) is 2. The van der Waals surface area contributed by atoms with Crippen LogP contribution >= 0.6 is 0 Å². The largest absolute Gasteiger partial charge is 0.465 e. The van der Waals surface area contributed by atoms with Gasteiger partial charge in [0.25, 0.3) is 5.92 Å². The summed E-state index contributed by atoms with van der Waals surface area (Å²) in [6.07, 6.45) is -2.63. The Labute approximate surface area is 67.2 Å². The molecule has 0 unspecified atom stereocenters. The SMILES string of the molecule is O=C(O)NC1(CO)CC(F)(F)C1. The van der Waals surface area contributed by atoms with E-state index in [9.17, 15) is 13.6 Å². The molecule has 0 bridgehead atoms. The lowest BCUT2D eigenvalue weighted by molar-refractivity contribution is -0.143. The van der Waals surface area contributed by atoms with E-state index in [4.69, 9.17) is 10.2 Å². The van der Waals surface area contributed by atoms with Gasteiger partial charge in [0, 0.05) is 12.8 Å². The lowest BCUT2D eigenvalue weighted by atomic mass is 9.74. The number of carboxylic acid groups (broad SMARTS) is 1. The number of halogens is 2. The molecule has 1 aliphatic carbocycles. The van der Waals surface area contributed by atoms with Crippen LogP contribution < -0.4 is 5.32 Å². The summed E-state index contributed by atoms with van der Waals surface area (Å²) >= 11 is 0. The highest BCUT2D eigenvalue weighted by Gasteiger charge is 2.57. The van der Waals surface area contributed by atoms with E-state index in [1.54, 1.807) is 0 Å². The van der Waals surface area contributed by atoms with E-state index in [0.717, 1.165) is 0 Å². The summed E-state index contributed by atoms with van der Waals surface area (Å²) in [5, 5.41) is 18.8. The molecule has 0 atom stereocenters. The minimum atomic E-state index is -2.84. The number of aliphatic hydroxyl groups excluding tert-OH is 1. The second kappa shape index (κ2) is 2.55. The maximum absolute atomic E-state index is 12.3. The molecular weight excluding hydrogens is 172 g/mol. The van der Waals surface area contributed by atoms with Crippen LogP contribution in [0.2, 0.25) is 0 Å². The van der Waals surface area contributed by atoms with Gasteiger partial charge in [-0.25, -0.2) is 13.6 Å². The Bertz CT molecular complexity index is 199. The number of nitrogens with one attached hydrogen (secondary N) is 1. The van der Waals surface area contributed by atoms with Crippen molar-refractivity contribution in [3.63, 3.8) is 0 Å². The summed E-state index contributed by atoms with van der Waals surface area (Å²) in [6, 6.07) is 0. The van der Waals surface area contributed by atoms with Crippen LogP contribution in [-0.2, 0) is 0 Å². The number of aliphatic hydroxyl groups is 1. The average Bonchev–Trinajstić information content (AvgIpc) is 1.81. The molecule has 0 radical (unpaired) electrons. The molecule has 6 heteroatoms. The van der Waals surface area contributed by atoms with Gasteiger partial charge in [-0.05, 0) is 0 Å². The number of amides is 1. The smallest absolute Gasteiger partial charge is 0.405 e. The lowest BCUT2D eigenvalue weighted by Gasteiger charge is -2.45. The molecule has 1 amide bonds. The van der Waals surface area contributed by atoms with Gasteiger partial charge in [0.1, 0.15) is 0 Å². The predicted octanol–water partition coefficient (Wildman–Crippen LogP) is 0.414. The van der Waals surface area contributed by atoms with Crippen molar-refractivity contribution in [2.75, 3.05) is 6.61 Å². The van der Waals surface area contributed by atoms with Gasteiger partial charge >= 0.3 is 6.09 Å². The zero-order valence-electron chi connectivity index (χ0n) is 6.18. The molecule has 0 spiro atoms. The molecule has 0 heterocycles. The monoisotopic (exact) mass is 181 g/mol. The number of carbonyl (C=O) groups is 1. The van der Waals surface area contributed by atoms with E-state index in [1.165, 1.54) is 0 Å². The van der Waals surface area contributed by atoms with E-state index in [1.807, 2.05) is 5.32 Å². The first kappa shape index (κ1) is 9.18. The van der Waals surface area contributed by atoms with Gasteiger partial charge < -0.3 is 15.5 Å². The first-order chi connectivity index (χ1) is 5.39. The van der Waals surface area contributed by atoms with Crippen molar-refractivity contribution in [3.8, 4) is 0 Å². The molecule has 12 heavy (non-hydrogen) atoms. The second-order valence-electron chi connectivity index (χ2n) is 3.08. The minimum Gasteiger partial charge on any atom is -0.465 e. The molecule has 70 valence electrons. The third-order valence-electron chi connectivity index (χ3n) is 1.87. The standard InChI is InChI=1S/C6H9F2NO3/c7-6(8)1-5(2-6,3-10)9-4(11)12/h9-10H,1-3H2,(H,11,12). The van der Waals surface area contributed by atoms with E-state index >= 15 is 0 Å². The molecule has 0 aliphatic heterocycles. The highest BCUT2D eigenvalue weighted by Crippen LogP contribution is 2.45. The van der Waals surface area contributed by atoms with E-state index in [2.05, 4.69) is 0 Å². The van der Waals surface area contributed by atoms with Crippen molar-refractivity contribution < 1.29 is 23.8 Å². The third kappa shape index (κ3) is 1.63. The number of rotatable bonds is 2. The second-order valence-corrected chi connectivity index (χ2v) is 3.08. The predicted molar refractivity (Wildman–Crippen MR) is 35.2 cm³/mol. The summed E-state index contributed by atoms with van der Waals surface area (Å²) in [7, 11) is 0. The molecule has 1 fully saturated rings. The average molecular weight is 181 g/mol. The number of alkyl halides is 2. The summed E-state index contributed by atoms with van der Waals surface area (Å²) in [5.74, 6) is -2.84. The van der Waals surface area contributed by atoms with Crippen LogP contribution in [0, 0.1) is 0 Å². The van der Waals surface area contributed by atoms with Gasteiger partial charge in [-0.15, -0.1) is 0 Å². The van der Waals surface area contributed by atoms with Gasteiger partial charge in [0.05, 0.1) is 12.1 Å². The van der Waals surface area contributed by atoms with Gasteiger partial charge in [-0.3, -0.25) is 0 Å². The Morgan fingerprint density at radius 2 is 2.00 bits per heavy atom. The fraction of sp³-hybridized carbons (Fsp3) is 0.833. The lowest BCUT2D eigenvalue weighted by Crippen LogP contribution is -2.64. The summed E-state index contributed by atoms with van der Waals surface area (Å²) < 4.78 is 24.7. The Morgan fingerprint density at radius 1 is 1.50 bits per heavy atom. The van der Waals surface area contributed by atoms with Crippen LogP contribution in [0.4, 0.5) is 13.6 Å². The Morgan fingerprint density at radius 3 is 2.25 bits per heavy atom. The van der Waals surface area contributed by atoms with Crippen molar-refractivity contribution in [2.45, 2.75) is 24.3 Å². The van der Waals surface area contributed by atoms with Crippen molar-refractivity contribution in [3.05, 3.63) is 0 Å². The van der Waals surface area contributed by atoms with Crippen LogP contribution in [0.5, 0.6) is 0 Å². The Balaban J connectivity index is 2.53. The maximum Gasteiger partial charge on any atom is 0.405 e. The van der Waals surface area contributed by atoms with Crippen LogP contribution in [0.25, 0.3) is 0 Å². The molecule has 1 aliphatic rings. The zero-order valence-corrected chi connectivity index (χ0v) is 6.18. The Kier molecular flexibility index (Phi) is 1.95. The van der Waals surface area contributed by atoms with Gasteiger partial charge in [-0.2, -0.15) is 0 Å². The minimum absolute atomic E-state index is 0.588. The van der Waals surface area contributed by atoms with Crippen molar-refractivity contribution in [2.24, 2.45) is 0 Å². The Hall–Kier alpha value is -0.910. The molecule has 0 aromatic rings. The molecule has 1 rings (SSSR count). The molecular formula is C6H9F2NO3. The van der Waals surface area contributed by atoms with Crippen molar-refractivity contribution >= 4 is 6.09 Å². The molecule has 1 saturated carbocycles. The van der Waals surface area contributed by atoms with E-state index in [-0.39, 0.29) is 0 Å². The highest BCUT2D eigenvalue weighted by molar-refractivity contribution is 5.66. The van der Waals surface area contributed by atoms with Crippen LogP contribution in [-0.4, -0.2) is 34.4 Å². The summed E-state index contributed by atoms with van der Waals surface area (Å²) in [4.78, 5) is 10.1. The first-order valence-corrected chi connectivity index (χ1v) is 3.39. The van der Waals surface area contributed by atoms with E-state index < -0.39 is 37.0 Å². The van der Waals surface area contributed by atoms with E-state index in [0.29, 0.717) is 0 Å². The zero-order chi connectivity index (χ0) is 9.41. The van der Waals surface area contributed by atoms with Crippen LogP contribution in [0.15, 0.2) is 0 Å². The normalized spacial score (nSPS) is 24.2. The molecule has 0 saturated heterocycles.